The average molecular weight is 289 g/mol. The van der Waals surface area contributed by atoms with Crippen LogP contribution in [-0.2, 0) is 9.53 Å². The van der Waals surface area contributed by atoms with E-state index >= 15 is 0 Å². The summed E-state index contributed by atoms with van der Waals surface area (Å²) in [5.41, 5.74) is -0.635. The Morgan fingerprint density at radius 2 is 2.21 bits per heavy atom. The Bertz CT molecular complexity index is 488. The third kappa shape index (κ3) is 4.82. The van der Waals surface area contributed by atoms with Crippen LogP contribution in [0.25, 0.3) is 0 Å². The van der Waals surface area contributed by atoms with Gasteiger partial charge in [-0.05, 0) is 26.8 Å². The molecule has 0 radical (unpaired) electrons. The molecule has 0 saturated heterocycles. The quantitative estimate of drug-likeness (QED) is 0.686. The number of amides is 1. The van der Waals surface area contributed by atoms with E-state index in [9.17, 15) is 14.0 Å². The van der Waals surface area contributed by atoms with Gasteiger partial charge in [-0.3, -0.25) is 0 Å². The predicted molar refractivity (Wildman–Crippen MR) is 67.4 cm³/mol. The molecular weight excluding hydrogens is 275 g/mol. The van der Waals surface area contributed by atoms with Crippen molar-refractivity contribution in [3.63, 3.8) is 0 Å². The Hall–Kier alpha value is -1.69. The Morgan fingerprint density at radius 3 is 2.74 bits per heavy atom. The van der Waals surface area contributed by atoms with Crippen LogP contribution in [0.15, 0.2) is 12.3 Å². The van der Waals surface area contributed by atoms with E-state index in [-0.39, 0.29) is 10.7 Å². The van der Waals surface area contributed by atoms with E-state index in [1.54, 1.807) is 20.8 Å². The molecule has 1 heterocycles. The maximum Gasteiger partial charge on any atom is 0.408 e. The molecule has 104 valence electrons. The van der Waals surface area contributed by atoms with E-state index < -0.39 is 23.6 Å². The van der Waals surface area contributed by atoms with Crippen molar-refractivity contribution in [3.8, 4) is 0 Å². The van der Waals surface area contributed by atoms with E-state index in [1.807, 2.05) is 0 Å². The molecule has 1 aromatic rings. The molecule has 1 rings (SSSR count). The number of halogens is 2. The number of carbonyl (C=O) groups excluding carboxylic acids is 2. The van der Waals surface area contributed by atoms with Gasteiger partial charge in [0.1, 0.15) is 28.9 Å². The first kappa shape index (κ1) is 15.4. The van der Waals surface area contributed by atoms with Crippen LogP contribution >= 0.6 is 11.6 Å². The first-order chi connectivity index (χ1) is 8.73. The lowest BCUT2D eigenvalue weighted by atomic mass is 10.1. The largest absolute Gasteiger partial charge is 0.444 e. The summed E-state index contributed by atoms with van der Waals surface area (Å²) in [5, 5.41) is 2.23. The van der Waals surface area contributed by atoms with Crippen molar-refractivity contribution >= 4 is 24.0 Å². The van der Waals surface area contributed by atoms with Gasteiger partial charge in [-0.15, -0.1) is 0 Å². The van der Waals surface area contributed by atoms with Gasteiger partial charge in [-0.1, -0.05) is 11.6 Å². The van der Waals surface area contributed by atoms with Gasteiger partial charge in [0, 0.05) is 5.56 Å². The van der Waals surface area contributed by atoms with Crippen LogP contribution in [0.3, 0.4) is 0 Å². The van der Waals surface area contributed by atoms with Gasteiger partial charge >= 0.3 is 6.09 Å². The average Bonchev–Trinajstić information content (AvgIpc) is 2.27. The van der Waals surface area contributed by atoms with Crippen LogP contribution in [0.2, 0.25) is 5.15 Å². The van der Waals surface area contributed by atoms with Gasteiger partial charge < -0.3 is 14.8 Å². The molecule has 1 amide bonds. The van der Waals surface area contributed by atoms with E-state index in [4.69, 9.17) is 16.3 Å². The normalized spacial score (nSPS) is 12.7. The number of aldehydes is 1. The SMILES string of the molecule is CC(C)(C)OC(=O)NC(C=O)c1cc(F)cnc1Cl. The highest BCUT2D eigenvalue weighted by atomic mass is 35.5. The molecule has 1 unspecified atom stereocenters. The fourth-order valence-electron chi connectivity index (χ4n) is 1.28. The molecule has 19 heavy (non-hydrogen) atoms. The standard InChI is InChI=1S/C12H14ClFN2O3/c1-12(2,3)19-11(18)16-9(6-17)8-4-7(14)5-15-10(8)13/h4-6,9H,1-3H3,(H,16,18). The van der Waals surface area contributed by atoms with Crippen molar-refractivity contribution in [1.82, 2.24) is 10.3 Å². The van der Waals surface area contributed by atoms with Crippen LogP contribution in [0.4, 0.5) is 9.18 Å². The maximum atomic E-state index is 13.1. The topological polar surface area (TPSA) is 68.3 Å². The first-order valence-electron chi connectivity index (χ1n) is 5.48. The van der Waals surface area contributed by atoms with E-state index in [2.05, 4.69) is 10.3 Å². The number of nitrogens with one attached hydrogen (secondary N) is 1. The highest BCUT2D eigenvalue weighted by Crippen LogP contribution is 2.21. The fourth-order valence-corrected chi connectivity index (χ4v) is 1.50. The van der Waals surface area contributed by atoms with Gasteiger partial charge in [0.2, 0.25) is 0 Å². The van der Waals surface area contributed by atoms with Gasteiger partial charge in [0.25, 0.3) is 0 Å². The van der Waals surface area contributed by atoms with Crippen molar-refractivity contribution in [2.45, 2.75) is 32.4 Å². The second-order valence-corrected chi connectivity index (χ2v) is 5.15. The number of pyridine rings is 1. The smallest absolute Gasteiger partial charge is 0.408 e. The minimum atomic E-state index is -1.12. The predicted octanol–water partition coefficient (Wildman–Crippen LogP) is 2.64. The van der Waals surface area contributed by atoms with Crippen molar-refractivity contribution in [2.24, 2.45) is 0 Å². The number of hydrogen-bond acceptors (Lipinski definition) is 4. The molecule has 0 aliphatic rings. The summed E-state index contributed by atoms with van der Waals surface area (Å²) >= 11 is 5.76. The van der Waals surface area contributed by atoms with Crippen LogP contribution in [0, 0.1) is 5.82 Å². The molecule has 0 aliphatic heterocycles. The number of nitrogens with zero attached hydrogens (tertiary/aromatic N) is 1. The van der Waals surface area contributed by atoms with Crippen LogP contribution in [0.5, 0.6) is 0 Å². The molecule has 7 heteroatoms. The Kier molecular flexibility index (Phi) is 4.83. The van der Waals surface area contributed by atoms with Gasteiger partial charge in [0.05, 0.1) is 6.20 Å². The fraction of sp³-hybridized carbons (Fsp3) is 0.417. The summed E-state index contributed by atoms with van der Waals surface area (Å²) in [6.45, 7) is 5.04. The number of rotatable bonds is 3. The first-order valence-corrected chi connectivity index (χ1v) is 5.86. The molecule has 1 N–H and O–H groups in total. The molecule has 5 nitrogen and oxygen atoms in total. The number of ether oxygens (including phenoxy) is 1. The molecule has 0 bridgehead atoms. The lowest BCUT2D eigenvalue weighted by Crippen LogP contribution is -2.35. The summed E-state index contributed by atoms with van der Waals surface area (Å²) in [4.78, 5) is 26.1. The maximum absolute atomic E-state index is 13.1. The molecule has 0 saturated carbocycles. The Morgan fingerprint density at radius 1 is 1.58 bits per heavy atom. The number of aromatic nitrogens is 1. The summed E-state index contributed by atoms with van der Waals surface area (Å²) in [6, 6.07) is -0.0864. The van der Waals surface area contributed by atoms with Crippen LogP contribution in [0.1, 0.15) is 32.4 Å². The molecule has 0 spiro atoms. The lowest BCUT2D eigenvalue weighted by molar-refractivity contribution is -0.109. The summed E-state index contributed by atoms with van der Waals surface area (Å²) in [6.07, 6.45) is 0.540. The zero-order valence-electron chi connectivity index (χ0n) is 10.7. The Balaban J connectivity index is 2.87. The van der Waals surface area contributed by atoms with E-state index in [0.29, 0.717) is 6.29 Å². The Labute approximate surface area is 115 Å². The monoisotopic (exact) mass is 288 g/mol. The summed E-state index contributed by atoms with van der Waals surface area (Å²) in [7, 11) is 0. The van der Waals surface area contributed by atoms with Crippen molar-refractivity contribution in [1.29, 1.82) is 0 Å². The minimum absolute atomic E-state index is 0.0606. The second-order valence-electron chi connectivity index (χ2n) is 4.79. The summed E-state index contributed by atoms with van der Waals surface area (Å²) in [5.74, 6) is -0.655. The number of alkyl carbamates (subject to hydrolysis) is 1. The van der Waals surface area contributed by atoms with Gasteiger partial charge in [-0.2, -0.15) is 0 Å². The summed E-state index contributed by atoms with van der Waals surface area (Å²) < 4.78 is 18.1. The molecule has 0 aromatic carbocycles. The second kappa shape index (κ2) is 5.97. The molecule has 1 aromatic heterocycles. The highest BCUT2D eigenvalue weighted by molar-refractivity contribution is 6.30. The molecule has 0 fully saturated rings. The van der Waals surface area contributed by atoms with Gasteiger partial charge in [0.15, 0.2) is 0 Å². The molecule has 0 aliphatic carbocycles. The van der Waals surface area contributed by atoms with E-state index in [0.717, 1.165) is 12.3 Å². The van der Waals surface area contributed by atoms with Crippen LogP contribution in [-0.4, -0.2) is 23.0 Å². The lowest BCUT2D eigenvalue weighted by Gasteiger charge is -2.21. The van der Waals surface area contributed by atoms with Crippen molar-refractivity contribution in [3.05, 3.63) is 28.8 Å². The van der Waals surface area contributed by atoms with E-state index in [1.165, 1.54) is 0 Å². The zero-order chi connectivity index (χ0) is 14.6. The number of hydrogen-bond donors (Lipinski definition) is 1. The number of carbonyl (C=O) groups is 2. The highest BCUT2D eigenvalue weighted by Gasteiger charge is 2.22. The third-order valence-corrected chi connectivity index (χ3v) is 2.29. The molecule has 1 atom stereocenters. The molecular formula is C12H14ClFN2O3. The van der Waals surface area contributed by atoms with Crippen LogP contribution < -0.4 is 5.32 Å². The van der Waals surface area contributed by atoms with Crippen molar-refractivity contribution < 1.29 is 18.7 Å². The zero-order valence-corrected chi connectivity index (χ0v) is 11.5. The van der Waals surface area contributed by atoms with Crippen molar-refractivity contribution in [2.75, 3.05) is 0 Å². The third-order valence-electron chi connectivity index (χ3n) is 1.98. The minimum Gasteiger partial charge on any atom is -0.444 e. The van der Waals surface area contributed by atoms with Gasteiger partial charge in [-0.25, -0.2) is 14.2 Å².